The van der Waals surface area contributed by atoms with Crippen LogP contribution in [0.1, 0.15) is 51.9 Å². The van der Waals surface area contributed by atoms with Gasteiger partial charge in [0.2, 0.25) is 5.91 Å². The molecule has 3 aromatic rings. The second kappa shape index (κ2) is 10.3. The number of fused-ring (bicyclic) bond motifs is 1. The third-order valence-electron chi connectivity index (χ3n) is 6.75. The Morgan fingerprint density at radius 3 is 2.26 bits per heavy atom. The van der Waals surface area contributed by atoms with Crippen molar-refractivity contribution in [2.24, 2.45) is 5.73 Å². The van der Waals surface area contributed by atoms with Gasteiger partial charge in [0.15, 0.2) is 11.5 Å². The molecule has 0 bridgehead atoms. The zero-order chi connectivity index (χ0) is 24.2. The highest BCUT2D eigenvalue weighted by molar-refractivity contribution is 5.81. The van der Waals surface area contributed by atoms with E-state index in [1.54, 1.807) is 14.2 Å². The maximum Gasteiger partial charge on any atom is 0.239 e. The summed E-state index contributed by atoms with van der Waals surface area (Å²) in [5, 5.41) is 0. The fraction of sp³-hybridized carbons (Fsp3) is 0.345. The van der Waals surface area contributed by atoms with E-state index in [2.05, 4.69) is 49.1 Å². The van der Waals surface area contributed by atoms with Crippen LogP contribution in [0, 0.1) is 13.8 Å². The number of rotatable bonds is 8. The summed E-state index contributed by atoms with van der Waals surface area (Å²) in [6, 6.07) is 20.2. The molecule has 34 heavy (non-hydrogen) atoms. The Bertz CT molecular complexity index is 1140. The lowest BCUT2D eigenvalue weighted by atomic mass is 9.86. The topological polar surface area (TPSA) is 64.8 Å². The van der Waals surface area contributed by atoms with Crippen molar-refractivity contribution in [3.8, 4) is 11.5 Å². The summed E-state index contributed by atoms with van der Waals surface area (Å²) in [6.45, 7) is 5.01. The molecule has 1 amide bonds. The number of hydrogen-bond donors (Lipinski definition) is 1. The minimum absolute atomic E-state index is 0.0158. The smallest absolute Gasteiger partial charge is 0.239 e. The van der Waals surface area contributed by atoms with Crippen molar-refractivity contribution in [1.82, 2.24) is 4.90 Å². The second-order valence-electron chi connectivity index (χ2n) is 9.16. The molecule has 0 aliphatic carbocycles. The number of nitrogens with two attached hydrogens (primary N) is 1. The fourth-order valence-electron chi connectivity index (χ4n) is 5.35. The molecule has 5 heteroatoms. The first-order valence-electron chi connectivity index (χ1n) is 11.8. The zero-order valence-corrected chi connectivity index (χ0v) is 20.5. The molecule has 0 aromatic heterocycles. The maximum absolute atomic E-state index is 12.8. The molecule has 2 unspecified atom stereocenters. The van der Waals surface area contributed by atoms with Crippen molar-refractivity contribution in [2.45, 2.75) is 45.2 Å². The van der Waals surface area contributed by atoms with Crippen molar-refractivity contribution in [3.63, 3.8) is 0 Å². The van der Waals surface area contributed by atoms with Crippen LogP contribution in [-0.4, -0.2) is 31.6 Å². The minimum Gasteiger partial charge on any atom is -0.493 e. The second-order valence-corrected chi connectivity index (χ2v) is 9.16. The molecule has 1 aliphatic heterocycles. The standard InChI is InChI=1S/C29H34N2O3/c1-19-14-20(2)16-21(15-19)10-11-25-24-18-27(34-4)26(33-3)17-23(24)12-13-31(25)28(29(30)32)22-8-6-5-7-9-22/h5-9,14-18,25,28H,10-13H2,1-4H3,(H2,30,32). The number of amides is 1. The van der Waals surface area contributed by atoms with Gasteiger partial charge in [-0.05, 0) is 67.5 Å². The first kappa shape index (κ1) is 23.8. The van der Waals surface area contributed by atoms with Gasteiger partial charge in [-0.2, -0.15) is 0 Å². The van der Waals surface area contributed by atoms with E-state index in [4.69, 9.17) is 15.2 Å². The average Bonchev–Trinajstić information content (AvgIpc) is 2.82. The van der Waals surface area contributed by atoms with E-state index < -0.39 is 6.04 Å². The zero-order valence-electron chi connectivity index (χ0n) is 20.5. The van der Waals surface area contributed by atoms with Crippen LogP contribution < -0.4 is 15.2 Å². The van der Waals surface area contributed by atoms with Gasteiger partial charge in [-0.15, -0.1) is 0 Å². The first-order chi connectivity index (χ1) is 16.4. The summed E-state index contributed by atoms with van der Waals surface area (Å²) in [5.74, 6) is 1.11. The quantitative estimate of drug-likeness (QED) is 0.511. The van der Waals surface area contributed by atoms with Crippen molar-refractivity contribution in [3.05, 3.63) is 94.0 Å². The summed E-state index contributed by atoms with van der Waals surface area (Å²) in [6.07, 6.45) is 2.58. The molecule has 2 N–H and O–H groups in total. The molecule has 4 rings (SSSR count). The largest absolute Gasteiger partial charge is 0.493 e. The summed E-state index contributed by atoms with van der Waals surface area (Å²) >= 11 is 0. The Kier molecular flexibility index (Phi) is 7.23. The molecule has 1 heterocycles. The maximum atomic E-state index is 12.8. The monoisotopic (exact) mass is 458 g/mol. The van der Waals surface area contributed by atoms with E-state index in [0.29, 0.717) is 5.75 Å². The summed E-state index contributed by atoms with van der Waals surface area (Å²) in [5.41, 5.74) is 13.2. The number of nitrogens with zero attached hydrogens (tertiary/aromatic N) is 1. The van der Waals surface area contributed by atoms with Crippen LogP contribution in [0.3, 0.4) is 0 Å². The van der Waals surface area contributed by atoms with Gasteiger partial charge in [-0.3, -0.25) is 9.69 Å². The van der Waals surface area contributed by atoms with E-state index in [1.807, 2.05) is 30.3 Å². The van der Waals surface area contributed by atoms with Crippen LogP contribution in [0.15, 0.2) is 60.7 Å². The lowest BCUT2D eigenvalue weighted by Gasteiger charge is -2.41. The predicted octanol–water partition coefficient (Wildman–Crippen LogP) is 5.08. The van der Waals surface area contributed by atoms with Crippen LogP contribution in [-0.2, 0) is 17.6 Å². The van der Waals surface area contributed by atoms with Crippen LogP contribution in [0.25, 0.3) is 0 Å². The van der Waals surface area contributed by atoms with E-state index in [1.165, 1.54) is 27.8 Å². The lowest BCUT2D eigenvalue weighted by Crippen LogP contribution is -2.44. The fourth-order valence-corrected chi connectivity index (χ4v) is 5.35. The van der Waals surface area contributed by atoms with Crippen molar-refractivity contribution < 1.29 is 14.3 Å². The van der Waals surface area contributed by atoms with E-state index in [0.717, 1.165) is 37.1 Å². The van der Waals surface area contributed by atoms with Gasteiger partial charge in [0.05, 0.1) is 14.2 Å². The first-order valence-corrected chi connectivity index (χ1v) is 11.8. The van der Waals surface area contributed by atoms with Crippen LogP contribution >= 0.6 is 0 Å². The summed E-state index contributed by atoms with van der Waals surface area (Å²) in [4.78, 5) is 15.1. The Morgan fingerprint density at radius 1 is 1.00 bits per heavy atom. The molecule has 0 fully saturated rings. The number of primary amides is 1. The number of methoxy groups -OCH3 is 2. The van der Waals surface area contributed by atoms with Gasteiger partial charge in [-0.1, -0.05) is 59.7 Å². The van der Waals surface area contributed by atoms with E-state index in [-0.39, 0.29) is 11.9 Å². The molecule has 0 radical (unpaired) electrons. The minimum atomic E-state index is -0.494. The third-order valence-corrected chi connectivity index (χ3v) is 6.75. The highest BCUT2D eigenvalue weighted by Gasteiger charge is 2.36. The van der Waals surface area contributed by atoms with Gasteiger partial charge in [-0.25, -0.2) is 0 Å². The molecule has 5 nitrogen and oxygen atoms in total. The Balaban J connectivity index is 1.76. The van der Waals surface area contributed by atoms with Gasteiger partial charge in [0.25, 0.3) is 0 Å². The van der Waals surface area contributed by atoms with Crippen LogP contribution in [0.2, 0.25) is 0 Å². The van der Waals surface area contributed by atoms with Crippen molar-refractivity contribution >= 4 is 5.91 Å². The molecule has 0 spiro atoms. The number of benzene rings is 3. The molecule has 178 valence electrons. The molecule has 3 aromatic carbocycles. The molecular weight excluding hydrogens is 424 g/mol. The number of carbonyl (C=O) groups is 1. The number of aryl methyl sites for hydroxylation is 3. The number of carbonyl (C=O) groups excluding carboxylic acids is 1. The van der Waals surface area contributed by atoms with Gasteiger partial charge in [0.1, 0.15) is 6.04 Å². The van der Waals surface area contributed by atoms with Crippen molar-refractivity contribution in [2.75, 3.05) is 20.8 Å². The Hall–Kier alpha value is -3.31. The number of ether oxygens (including phenoxy) is 2. The summed E-state index contributed by atoms with van der Waals surface area (Å²) in [7, 11) is 3.32. The van der Waals surface area contributed by atoms with Gasteiger partial charge in [0, 0.05) is 12.6 Å². The lowest BCUT2D eigenvalue weighted by molar-refractivity contribution is -0.124. The van der Waals surface area contributed by atoms with E-state index >= 15 is 0 Å². The normalized spacial score (nSPS) is 16.5. The summed E-state index contributed by atoms with van der Waals surface area (Å²) < 4.78 is 11.2. The Labute approximate surface area is 202 Å². The highest BCUT2D eigenvalue weighted by Crippen LogP contribution is 2.43. The average molecular weight is 459 g/mol. The van der Waals surface area contributed by atoms with Crippen LogP contribution in [0.5, 0.6) is 11.5 Å². The van der Waals surface area contributed by atoms with Crippen LogP contribution in [0.4, 0.5) is 0 Å². The molecule has 2 atom stereocenters. The van der Waals surface area contributed by atoms with Gasteiger partial charge >= 0.3 is 0 Å². The predicted molar refractivity (Wildman–Crippen MR) is 135 cm³/mol. The SMILES string of the molecule is COc1cc2c(cc1OC)C(CCc1cc(C)cc(C)c1)N(C(C(N)=O)c1ccccc1)CC2. The number of hydrogen-bond acceptors (Lipinski definition) is 4. The molecule has 0 saturated heterocycles. The van der Waals surface area contributed by atoms with Crippen molar-refractivity contribution in [1.29, 1.82) is 0 Å². The highest BCUT2D eigenvalue weighted by atomic mass is 16.5. The Morgan fingerprint density at radius 2 is 1.65 bits per heavy atom. The van der Waals surface area contributed by atoms with E-state index in [9.17, 15) is 4.79 Å². The molecular formula is C29H34N2O3. The molecule has 0 saturated carbocycles. The third kappa shape index (κ3) is 4.95. The molecule has 1 aliphatic rings. The van der Waals surface area contributed by atoms with Gasteiger partial charge < -0.3 is 15.2 Å².